The van der Waals surface area contributed by atoms with Gasteiger partial charge < -0.3 is 9.84 Å². The summed E-state index contributed by atoms with van der Waals surface area (Å²) in [5, 5.41) is 8.86. The zero-order valence-electron chi connectivity index (χ0n) is 10.2. The van der Waals surface area contributed by atoms with E-state index in [0.717, 1.165) is 0 Å². The molecule has 3 nitrogen and oxygen atoms in total. The van der Waals surface area contributed by atoms with Crippen LogP contribution in [0.15, 0.2) is 48.5 Å². The molecule has 98 valence electrons. The molecule has 0 fully saturated rings. The molecule has 2 aromatic rings. The fraction of sp³-hybridized carbons (Fsp3) is 0.133. The van der Waals surface area contributed by atoms with Crippen LogP contribution in [0.25, 0.3) is 0 Å². The third-order valence-electron chi connectivity index (χ3n) is 2.63. The first-order chi connectivity index (χ1) is 9.20. The van der Waals surface area contributed by atoms with Crippen LogP contribution in [0.2, 0.25) is 0 Å². The van der Waals surface area contributed by atoms with Gasteiger partial charge in [-0.05, 0) is 17.7 Å². The Morgan fingerprint density at radius 2 is 1.89 bits per heavy atom. The van der Waals surface area contributed by atoms with Gasteiger partial charge in [0.15, 0.2) is 24.0 Å². The molecule has 0 bridgehead atoms. The van der Waals surface area contributed by atoms with Gasteiger partial charge in [-0.25, -0.2) is 4.39 Å². The van der Waals surface area contributed by atoms with E-state index >= 15 is 0 Å². The predicted octanol–water partition coefficient (Wildman–Crippen LogP) is 2.58. The summed E-state index contributed by atoms with van der Waals surface area (Å²) in [6.07, 6.45) is 0. The number of carbonyl (C=O) groups is 1. The van der Waals surface area contributed by atoms with Crippen molar-refractivity contribution >= 4 is 5.78 Å². The van der Waals surface area contributed by atoms with Crippen molar-refractivity contribution in [2.45, 2.75) is 6.61 Å². The molecular weight excluding hydrogens is 247 g/mol. The summed E-state index contributed by atoms with van der Waals surface area (Å²) in [7, 11) is 0. The molecule has 0 spiro atoms. The predicted molar refractivity (Wildman–Crippen MR) is 68.6 cm³/mol. The van der Waals surface area contributed by atoms with Gasteiger partial charge in [-0.3, -0.25) is 4.79 Å². The minimum Gasteiger partial charge on any atom is -0.482 e. The van der Waals surface area contributed by atoms with E-state index in [0.29, 0.717) is 11.1 Å². The summed E-state index contributed by atoms with van der Waals surface area (Å²) in [6.45, 7) is -0.459. The van der Waals surface area contributed by atoms with Crippen LogP contribution >= 0.6 is 0 Å². The Morgan fingerprint density at radius 3 is 2.53 bits per heavy atom. The first-order valence-electron chi connectivity index (χ1n) is 5.81. The molecule has 0 saturated carbocycles. The molecule has 0 saturated heterocycles. The van der Waals surface area contributed by atoms with Gasteiger partial charge in [0.2, 0.25) is 0 Å². The van der Waals surface area contributed by atoms with E-state index in [4.69, 9.17) is 9.84 Å². The van der Waals surface area contributed by atoms with Gasteiger partial charge >= 0.3 is 0 Å². The number of aliphatic hydroxyl groups is 1. The SMILES string of the molecule is O=C(COc1ccc(CO)cc1F)c1ccccc1. The highest BCUT2D eigenvalue weighted by Crippen LogP contribution is 2.18. The van der Waals surface area contributed by atoms with E-state index in [1.165, 1.54) is 12.1 Å². The number of Topliss-reactive ketones (excluding diaryl/α,β-unsaturated/α-hetero) is 1. The Kier molecular flexibility index (Phi) is 4.26. The second-order valence-corrected chi connectivity index (χ2v) is 4.00. The normalized spacial score (nSPS) is 10.2. The minimum absolute atomic E-state index is 0.00137. The number of halogens is 1. The van der Waals surface area contributed by atoms with Crippen LogP contribution in [0.1, 0.15) is 15.9 Å². The molecule has 2 aromatic carbocycles. The quantitative estimate of drug-likeness (QED) is 0.840. The van der Waals surface area contributed by atoms with Crippen molar-refractivity contribution in [2.24, 2.45) is 0 Å². The fourth-order valence-corrected chi connectivity index (χ4v) is 1.61. The highest BCUT2D eigenvalue weighted by molar-refractivity contribution is 5.97. The zero-order valence-corrected chi connectivity index (χ0v) is 10.2. The van der Waals surface area contributed by atoms with Gasteiger partial charge in [0.05, 0.1) is 6.61 Å². The monoisotopic (exact) mass is 260 g/mol. The van der Waals surface area contributed by atoms with E-state index < -0.39 is 5.82 Å². The number of aliphatic hydroxyl groups excluding tert-OH is 1. The Hall–Kier alpha value is -2.20. The molecule has 2 rings (SSSR count). The van der Waals surface area contributed by atoms with Crippen LogP contribution < -0.4 is 4.74 Å². The first kappa shape index (κ1) is 13.2. The van der Waals surface area contributed by atoms with Gasteiger partial charge in [0, 0.05) is 5.56 Å². The maximum absolute atomic E-state index is 13.5. The number of benzene rings is 2. The van der Waals surface area contributed by atoms with Crippen LogP contribution in [-0.4, -0.2) is 17.5 Å². The molecule has 0 amide bonds. The van der Waals surface area contributed by atoms with Crippen molar-refractivity contribution in [1.29, 1.82) is 0 Å². The number of hydrogen-bond acceptors (Lipinski definition) is 3. The molecule has 4 heteroatoms. The average Bonchev–Trinajstić information content (AvgIpc) is 2.46. The lowest BCUT2D eigenvalue weighted by atomic mass is 10.1. The molecule has 0 aliphatic rings. The van der Waals surface area contributed by atoms with E-state index in [-0.39, 0.29) is 24.7 Å². The topological polar surface area (TPSA) is 46.5 Å². The third-order valence-corrected chi connectivity index (χ3v) is 2.63. The van der Waals surface area contributed by atoms with Gasteiger partial charge in [0.25, 0.3) is 0 Å². The molecule has 19 heavy (non-hydrogen) atoms. The average molecular weight is 260 g/mol. The maximum atomic E-state index is 13.5. The summed E-state index contributed by atoms with van der Waals surface area (Å²) >= 11 is 0. The van der Waals surface area contributed by atoms with Gasteiger partial charge in [0.1, 0.15) is 0 Å². The van der Waals surface area contributed by atoms with Crippen LogP contribution in [0.4, 0.5) is 4.39 Å². The van der Waals surface area contributed by atoms with Crippen molar-refractivity contribution in [3.63, 3.8) is 0 Å². The molecule has 0 heterocycles. The Bertz CT molecular complexity index is 567. The van der Waals surface area contributed by atoms with E-state index in [2.05, 4.69) is 0 Å². The van der Waals surface area contributed by atoms with Crippen LogP contribution in [0.3, 0.4) is 0 Å². The van der Waals surface area contributed by atoms with Crippen molar-refractivity contribution in [1.82, 2.24) is 0 Å². The van der Waals surface area contributed by atoms with Crippen molar-refractivity contribution in [2.75, 3.05) is 6.61 Å². The Balaban J connectivity index is 2.01. The number of hydrogen-bond donors (Lipinski definition) is 1. The van der Waals surface area contributed by atoms with E-state index in [1.807, 2.05) is 6.07 Å². The lowest BCUT2D eigenvalue weighted by Crippen LogP contribution is -2.12. The van der Waals surface area contributed by atoms with Crippen LogP contribution in [0.5, 0.6) is 5.75 Å². The van der Waals surface area contributed by atoms with Gasteiger partial charge in [-0.1, -0.05) is 36.4 Å². The number of ether oxygens (including phenoxy) is 1. The maximum Gasteiger partial charge on any atom is 0.200 e. The lowest BCUT2D eigenvalue weighted by molar-refractivity contribution is 0.0918. The minimum atomic E-state index is -0.590. The Morgan fingerprint density at radius 1 is 1.16 bits per heavy atom. The van der Waals surface area contributed by atoms with Crippen molar-refractivity contribution in [3.05, 3.63) is 65.5 Å². The van der Waals surface area contributed by atoms with Crippen molar-refractivity contribution in [3.8, 4) is 5.75 Å². The first-order valence-corrected chi connectivity index (χ1v) is 5.81. The van der Waals surface area contributed by atoms with Crippen molar-refractivity contribution < 1.29 is 19.0 Å². The second kappa shape index (κ2) is 6.11. The van der Waals surface area contributed by atoms with Gasteiger partial charge in [-0.15, -0.1) is 0 Å². The zero-order chi connectivity index (χ0) is 13.7. The molecular formula is C15H13FO3. The summed E-state index contributed by atoms with van der Waals surface area (Å²) in [4.78, 5) is 11.8. The van der Waals surface area contributed by atoms with Crippen LogP contribution in [0, 0.1) is 5.82 Å². The fourth-order valence-electron chi connectivity index (χ4n) is 1.61. The summed E-state index contributed by atoms with van der Waals surface area (Å²) in [5.74, 6) is -0.805. The molecule has 0 unspecified atom stereocenters. The van der Waals surface area contributed by atoms with E-state index in [1.54, 1.807) is 30.3 Å². The number of carbonyl (C=O) groups excluding carboxylic acids is 1. The van der Waals surface area contributed by atoms with Gasteiger partial charge in [-0.2, -0.15) is 0 Å². The third kappa shape index (κ3) is 3.39. The summed E-state index contributed by atoms with van der Waals surface area (Å²) in [5.41, 5.74) is 0.981. The summed E-state index contributed by atoms with van der Waals surface area (Å²) in [6, 6.07) is 12.8. The molecule has 1 N–H and O–H groups in total. The van der Waals surface area contributed by atoms with E-state index in [9.17, 15) is 9.18 Å². The number of ketones is 1. The highest BCUT2D eigenvalue weighted by atomic mass is 19.1. The molecule has 0 aliphatic heterocycles. The highest BCUT2D eigenvalue weighted by Gasteiger charge is 2.09. The molecule has 0 aliphatic carbocycles. The summed E-state index contributed by atoms with van der Waals surface area (Å²) < 4.78 is 18.7. The lowest BCUT2D eigenvalue weighted by Gasteiger charge is -2.07. The largest absolute Gasteiger partial charge is 0.482 e. The molecule has 0 radical (unpaired) electrons. The molecule has 0 atom stereocenters. The molecule has 0 aromatic heterocycles. The Labute approximate surface area is 110 Å². The standard InChI is InChI=1S/C15H13FO3/c16-13-8-11(9-17)6-7-15(13)19-10-14(18)12-4-2-1-3-5-12/h1-8,17H,9-10H2. The number of rotatable bonds is 5. The smallest absolute Gasteiger partial charge is 0.200 e. The second-order valence-electron chi connectivity index (χ2n) is 4.00. The van der Waals surface area contributed by atoms with Crippen LogP contribution in [-0.2, 0) is 6.61 Å².